The summed E-state index contributed by atoms with van der Waals surface area (Å²) in [6.07, 6.45) is 2.43. The van der Waals surface area contributed by atoms with Gasteiger partial charge in [0, 0.05) is 23.8 Å². The lowest BCUT2D eigenvalue weighted by Crippen LogP contribution is -2.09. The quantitative estimate of drug-likeness (QED) is 0.677. The van der Waals surface area contributed by atoms with E-state index in [4.69, 9.17) is 11.6 Å². The summed E-state index contributed by atoms with van der Waals surface area (Å²) in [5, 5.41) is 8.06. The topological polar surface area (TPSA) is 48.5 Å². The molecule has 0 radical (unpaired) electrons. The smallest absolute Gasteiger partial charge is 0.152 e. The minimum absolute atomic E-state index is 0.545. The predicted octanol–water partition coefficient (Wildman–Crippen LogP) is 2.76. The average Bonchev–Trinajstić information content (AvgIpc) is 2.96. The second-order valence-corrected chi connectivity index (χ2v) is 5.84. The number of hydrogen-bond donors (Lipinski definition) is 0. The first-order valence-corrected chi connectivity index (χ1v) is 7.55. The highest BCUT2D eigenvalue weighted by molar-refractivity contribution is 9.10. The molecule has 0 aliphatic heterocycles. The van der Waals surface area contributed by atoms with Crippen molar-refractivity contribution < 1.29 is 0 Å². The van der Waals surface area contributed by atoms with E-state index in [2.05, 4.69) is 41.7 Å². The van der Waals surface area contributed by atoms with Gasteiger partial charge in [0.2, 0.25) is 0 Å². The van der Waals surface area contributed by atoms with Crippen LogP contribution in [0.1, 0.15) is 11.6 Å². The van der Waals surface area contributed by atoms with E-state index < -0.39 is 0 Å². The molecule has 0 unspecified atom stereocenters. The van der Waals surface area contributed by atoms with Gasteiger partial charge in [-0.3, -0.25) is 0 Å². The number of fused-ring (bicyclic) bond motifs is 1. The first-order chi connectivity index (χ1) is 9.69. The fourth-order valence-electron chi connectivity index (χ4n) is 2.20. The van der Waals surface area contributed by atoms with Crippen LogP contribution in [0.5, 0.6) is 0 Å². The molecule has 7 heteroatoms. The van der Waals surface area contributed by atoms with Crippen molar-refractivity contribution in [2.75, 3.05) is 5.88 Å². The summed E-state index contributed by atoms with van der Waals surface area (Å²) >= 11 is 9.36. The van der Waals surface area contributed by atoms with Crippen LogP contribution in [0, 0.1) is 0 Å². The highest BCUT2D eigenvalue weighted by Gasteiger charge is 2.13. The van der Waals surface area contributed by atoms with Crippen molar-refractivity contribution in [3.63, 3.8) is 0 Å². The standard InChI is InChI=1S/C13H13BrClN5/c1-19-8-16-18-13(19)7-20-11-3-2-9(14)6-10(11)17-12(20)4-5-15/h2-3,6,8H,4-5,7H2,1H3. The Bertz CT molecular complexity index is 748. The maximum absolute atomic E-state index is 5.88. The van der Waals surface area contributed by atoms with Crippen molar-refractivity contribution in [2.45, 2.75) is 13.0 Å². The van der Waals surface area contributed by atoms with E-state index in [1.54, 1.807) is 6.33 Å². The van der Waals surface area contributed by atoms with Crippen LogP contribution in [0.25, 0.3) is 11.0 Å². The van der Waals surface area contributed by atoms with Crippen molar-refractivity contribution in [3.05, 3.63) is 40.6 Å². The van der Waals surface area contributed by atoms with Gasteiger partial charge in [0.05, 0.1) is 17.6 Å². The lowest BCUT2D eigenvalue weighted by Gasteiger charge is -2.07. The van der Waals surface area contributed by atoms with Crippen LogP contribution < -0.4 is 0 Å². The Kier molecular flexibility index (Phi) is 3.76. The van der Waals surface area contributed by atoms with Gasteiger partial charge < -0.3 is 9.13 Å². The van der Waals surface area contributed by atoms with E-state index >= 15 is 0 Å². The molecule has 0 aliphatic rings. The number of benzene rings is 1. The van der Waals surface area contributed by atoms with Crippen LogP contribution >= 0.6 is 27.5 Å². The third kappa shape index (κ3) is 2.45. The van der Waals surface area contributed by atoms with Gasteiger partial charge in [0.15, 0.2) is 5.82 Å². The summed E-state index contributed by atoms with van der Waals surface area (Å²) in [6.45, 7) is 0.640. The summed E-state index contributed by atoms with van der Waals surface area (Å²) in [5.74, 6) is 2.41. The highest BCUT2D eigenvalue weighted by Crippen LogP contribution is 2.22. The van der Waals surface area contributed by atoms with E-state index in [-0.39, 0.29) is 0 Å². The highest BCUT2D eigenvalue weighted by atomic mass is 79.9. The summed E-state index contributed by atoms with van der Waals surface area (Å²) in [4.78, 5) is 4.66. The van der Waals surface area contributed by atoms with Crippen LogP contribution in [0.4, 0.5) is 0 Å². The van der Waals surface area contributed by atoms with Gasteiger partial charge in [-0.15, -0.1) is 21.8 Å². The Labute approximate surface area is 129 Å². The predicted molar refractivity (Wildman–Crippen MR) is 82.0 cm³/mol. The summed E-state index contributed by atoms with van der Waals surface area (Å²) < 4.78 is 5.08. The normalized spacial score (nSPS) is 11.3. The number of halogens is 2. The van der Waals surface area contributed by atoms with Crippen LogP contribution in [0.15, 0.2) is 29.0 Å². The fraction of sp³-hybridized carbons (Fsp3) is 0.308. The van der Waals surface area contributed by atoms with Crippen molar-refractivity contribution in [1.29, 1.82) is 0 Å². The molecule has 0 atom stereocenters. The number of nitrogens with zero attached hydrogens (tertiary/aromatic N) is 5. The number of hydrogen-bond acceptors (Lipinski definition) is 3. The molecule has 2 aromatic heterocycles. The van der Waals surface area contributed by atoms with E-state index in [9.17, 15) is 0 Å². The molecule has 0 saturated heterocycles. The lowest BCUT2D eigenvalue weighted by atomic mass is 10.3. The average molecular weight is 355 g/mol. The van der Waals surface area contributed by atoms with Gasteiger partial charge in [-0.1, -0.05) is 15.9 Å². The largest absolute Gasteiger partial charge is 0.320 e. The van der Waals surface area contributed by atoms with Crippen LogP contribution in [-0.4, -0.2) is 30.2 Å². The molecule has 3 aromatic rings. The van der Waals surface area contributed by atoms with Gasteiger partial charge in [-0.25, -0.2) is 4.98 Å². The third-order valence-electron chi connectivity index (χ3n) is 3.21. The zero-order valence-electron chi connectivity index (χ0n) is 10.9. The third-order valence-corrected chi connectivity index (χ3v) is 3.89. The molecule has 0 saturated carbocycles. The van der Waals surface area contributed by atoms with Crippen molar-refractivity contribution >= 4 is 38.6 Å². The van der Waals surface area contributed by atoms with Crippen LogP contribution in [-0.2, 0) is 20.0 Å². The summed E-state index contributed by atoms with van der Waals surface area (Å²) in [6, 6.07) is 6.09. The van der Waals surface area contributed by atoms with E-state index in [1.165, 1.54) is 0 Å². The molecule has 20 heavy (non-hydrogen) atoms. The molecular weight excluding hydrogens is 342 g/mol. The first kappa shape index (κ1) is 13.6. The molecular formula is C13H13BrClN5. The Balaban J connectivity index is 2.11. The molecule has 0 bridgehead atoms. The van der Waals surface area contributed by atoms with Crippen molar-refractivity contribution in [3.8, 4) is 0 Å². The number of aryl methyl sites for hydroxylation is 2. The van der Waals surface area contributed by atoms with Gasteiger partial charge in [-0.05, 0) is 18.2 Å². The van der Waals surface area contributed by atoms with Gasteiger partial charge in [-0.2, -0.15) is 0 Å². The molecule has 3 rings (SSSR count). The maximum Gasteiger partial charge on any atom is 0.152 e. The van der Waals surface area contributed by atoms with Gasteiger partial charge >= 0.3 is 0 Å². The molecule has 5 nitrogen and oxygen atoms in total. The molecule has 0 fully saturated rings. The zero-order chi connectivity index (χ0) is 14.1. The number of rotatable bonds is 4. The summed E-state index contributed by atoms with van der Waals surface area (Å²) in [5.41, 5.74) is 2.04. The second-order valence-electron chi connectivity index (χ2n) is 4.54. The lowest BCUT2D eigenvalue weighted by molar-refractivity contribution is 0.680. The SMILES string of the molecule is Cn1cnnc1Cn1c(CCCl)nc2cc(Br)ccc21. The van der Waals surface area contributed by atoms with E-state index in [0.29, 0.717) is 12.4 Å². The molecule has 1 aromatic carbocycles. The van der Waals surface area contributed by atoms with E-state index in [1.807, 2.05) is 23.7 Å². The number of imidazole rings is 1. The van der Waals surface area contributed by atoms with Gasteiger partial charge in [0.1, 0.15) is 12.2 Å². The minimum atomic E-state index is 0.545. The Hall–Kier alpha value is -1.40. The van der Waals surface area contributed by atoms with Crippen LogP contribution in [0.2, 0.25) is 0 Å². The van der Waals surface area contributed by atoms with Gasteiger partial charge in [0.25, 0.3) is 0 Å². The molecule has 104 valence electrons. The monoisotopic (exact) mass is 353 g/mol. The molecule has 0 spiro atoms. The zero-order valence-corrected chi connectivity index (χ0v) is 13.3. The van der Waals surface area contributed by atoms with Crippen molar-refractivity contribution in [2.24, 2.45) is 7.05 Å². The minimum Gasteiger partial charge on any atom is -0.320 e. The fourth-order valence-corrected chi connectivity index (χ4v) is 2.71. The molecule has 0 aliphatic carbocycles. The maximum atomic E-state index is 5.88. The van der Waals surface area contributed by atoms with Crippen molar-refractivity contribution in [1.82, 2.24) is 24.3 Å². The Morgan fingerprint density at radius 1 is 1.30 bits per heavy atom. The van der Waals surface area contributed by atoms with Crippen LogP contribution in [0.3, 0.4) is 0 Å². The molecule has 2 heterocycles. The summed E-state index contributed by atoms with van der Waals surface area (Å²) in [7, 11) is 1.94. The second kappa shape index (κ2) is 5.54. The van der Waals surface area contributed by atoms with E-state index in [0.717, 1.165) is 33.6 Å². The number of aromatic nitrogens is 5. The molecule has 0 amide bonds. The molecule has 0 N–H and O–H groups in total. The Morgan fingerprint density at radius 3 is 2.85 bits per heavy atom. The first-order valence-electron chi connectivity index (χ1n) is 6.22. The Morgan fingerprint density at radius 2 is 2.15 bits per heavy atom. The number of alkyl halides is 1.